The van der Waals surface area contributed by atoms with Gasteiger partial charge >= 0.3 is 0 Å². The van der Waals surface area contributed by atoms with E-state index in [0.717, 1.165) is 23.8 Å². The van der Waals surface area contributed by atoms with Crippen LogP contribution in [0.1, 0.15) is 38.5 Å². The molecule has 0 aliphatic heterocycles. The molecule has 3 atom stereocenters. The molecule has 0 aromatic rings. The van der Waals surface area contributed by atoms with Gasteiger partial charge in [-0.3, -0.25) is 0 Å². The van der Waals surface area contributed by atoms with E-state index in [0.29, 0.717) is 0 Å². The monoisotopic (exact) mass is 165 g/mol. The molecule has 0 aromatic heterocycles. The van der Waals surface area contributed by atoms with Crippen LogP contribution in [-0.2, 0) is 0 Å². The Morgan fingerprint density at radius 1 is 1.08 bits per heavy atom. The fourth-order valence-electron chi connectivity index (χ4n) is 2.80. The van der Waals surface area contributed by atoms with Gasteiger partial charge in [-0.1, -0.05) is 12.8 Å². The first-order valence-corrected chi connectivity index (χ1v) is 5.67. The summed E-state index contributed by atoms with van der Waals surface area (Å²) in [4.78, 5) is 0. The van der Waals surface area contributed by atoms with Gasteiger partial charge in [-0.2, -0.15) is 0 Å². The number of hydrogen-bond donors (Lipinski definition) is 1. The van der Waals surface area contributed by atoms with E-state index < -0.39 is 0 Å². The molecule has 1 N–H and O–H groups in total. The normalized spacial score (nSPS) is 45.5. The van der Waals surface area contributed by atoms with Crippen LogP contribution in [0.25, 0.3) is 0 Å². The second-order valence-corrected chi connectivity index (χ2v) is 5.05. The van der Waals surface area contributed by atoms with Crippen molar-refractivity contribution in [2.24, 2.45) is 17.8 Å². The van der Waals surface area contributed by atoms with Gasteiger partial charge in [0.05, 0.1) is 0 Å². The lowest BCUT2D eigenvalue weighted by molar-refractivity contribution is 0.350. The molecule has 0 bridgehead atoms. The number of rotatable bonds is 3. The Kier molecular flexibility index (Phi) is 1.68. The van der Waals surface area contributed by atoms with Gasteiger partial charge < -0.3 is 5.32 Å². The van der Waals surface area contributed by atoms with Crippen LogP contribution in [0.15, 0.2) is 0 Å². The van der Waals surface area contributed by atoms with Crippen molar-refractivity contribution in [1.29, 1.82) is 0 Å². The molecule has 68 valence electrons. The van der Waals surface area contributed by atoms with Crippen LogP contribution in [0.3, 0.4) is 0 Å². The summed E-state index contributed by atoms with van der Waals surface area (Å²) in [5, 5.41) is 3.77. The fraction of sp³-hybridized carbons (Fsp3) is 1.00. The zero-order chi connectivity index (χ0) is 7.97. The van der Waals surface area contributed by atoms with E-state index in [1.807, 2.05) is 0 Å². The van der Waals surface area contributed by atoms with Gasteiger partial charge in [0.2, 0.25) is 0 Å². The maximum Gasteiger partial charge on any atom is 0.00981 e. The first-order chi connectivity index (χ1) is 5.93. The first-order valence-electron chi connectivity index (χ1n) is 5.67. The largest absolute Gasteiger partial charge is 0.313 e. The van der Waals surface area contributed by atoms with Crippen molar-refractivity contribution in [3.05, 3.63) is 0 Å². The molecular formula is C11H19N. The Bertz CT molecular complexity index is 174. The minimum atomic E-state index is 0.921. The molecule has 1 unspecified atom stereocenters. The van der Waals surface area contributed by atoms with Gasteiger partial charge in [-0.15, -0.1) is 0 Å². The highest BCUT2D eigenvalue weighted by atomic mass is 14.9. The molecular weight excluding hydrogens is 146 g/mol. The molecule has 0 heterocycles. The Morgan fingerprint density at radius 3 is 2.83 bits per heavy atom. The van der Waals surface area contributed by atoms with Crippen molar-refractivity contribution in [3.8, 4) is 0 Å². The van der Waals surface area contributed by atoms with E-state index in [1.165, 1.54) is 38.6 Å². The van der Waals surface area contributed by atoms with E-state index >= 15 is 0 Å². The van der Waals surface area contributed by atoms with Crippen molar-refractivity contribution >= 4 is 0 Å². The Hall–Kier alpha value is -0.0400. The third kappa shape index (κ3) is 1.39. The quantitative estimate of drug-likeness (QED) is 0.676. The summed E-state index contributed by atoms with van der Waals surface area (Å²) in [6, 6.07) is 0.921. The maximum atomic E-state index is 3.77. The van der Waals surface area contributed by atoms with E-state index in [1.54, 1.807) is 6.42 Å². The van der Waals surface area contributed by atoms with Gasteiger partial charge in [0.15, 0.2) is 0 Å². The standard InChI is InChI=1S/C11H19N/c1-2-9-6-10(9)11(3-1)12-7-8-4-5-8/h8-12H,1-7H2/t9-,10+,11?/m0/s1. The lowest BCUT2D eigenvalue weighted by Gasteiger charge is -2.22. The van der Waals surface area contributed by atoms with Gasteiger partial charge in [-0.05, 0) is 50.0 Å². The molecule has 1 heteroatoms. The van der Waals surface area contributed by atoms with E-state index in [9.17, 15) is 0 Å². The second kappa shape index (κ2) is 2.73. The van der Waals surface area contributed by atoms with Gasteiger partial charge in [0.25, 0.3) is 0 Å². The molecule has 3 saturated carbocycles. The van der Waals surface area contributed by atoms with Crippen LogP contribution in [0.2, 0.25) is 0 Å². The molecule has 3 fully saturated rings. The summed E-state index contributed by atoms with van der Waals surface area (Å²) in [6.07, 6.45) is 9.02. The average Bonchev–Trinajstić information content (AvgIpc) is 2.95. The number of hydrogen-bond acceptors (Lipinski definition) is 1. The van der Waals surface area contributed by atoms with Gasteiger partial charge in [0, 0.05) is 6.04 Å². The predicted molar refractivity (Wildman–Crippen MR) is 50.0 cm³/mol. The molecule has 0 radical (unpaired) electrons. The zero-order valence-corrected chi connectivity index (χ0v) is 7.76. The van der Waals surface area contributed by atoms with Crippen molar-refractivity contribution < 1.29 is 0 Å². The SMILES string of the molecule is C1CC(NCC2CC2)[C@@H]2C[C@@H]2C1. The van der Waals surface area contributed by atoms with E-state index in [-0.39, 0.29) is 0 Å². The summed E-state index contributed by atoms with van der Waals surface area (Å²) >= 11 is 0. The molecule has 3 aliphatic rings. The highest BCUT2D eigenvalue weighted by Gasteiger charge is 2.45. The predicted octanol–water partition coefficient (Wildman–Crippen LogP) is 2.17. The van der Waals surface area contributed by atoms with Crippen LogP contribution in [0, 0.1) is 17.8 Å². The van der Waals surface area contributed by atoms with Crippen molar-refractivity contribution in [2.45, 2.75) is 44.6 Å². The van der Waals surface area contributed by atoms with Crippen LogP contribution in [0.4, 0.5) is 0 Å². The maximum absolute atomic E-state index is 3.77. The van der Waals surface area contributed by atoms with Crippen LogP contribution >= 0.6 is 0 Å². The Labute approximate surface area is 74.9 Å². The average molecular weight is 165 g/mol. The molecule has 3 aliphatic carbocycles. The van der Waals surface area contributed by atoms with Crippen molar-refractivity contribution in [3.63, 3.8) is 0 Å². The summed E-state index contributed by atoms with van der Waals surface area (Å²) in [5.41, 5.74) is 0. The summed E-state index contributed by atoms with van der Waals surface area (Å²) in [6.45, 7) is 1.33. The Balaban J connectivity index is 1.47. The highest BCUT2D eigenvalue weighted by Crippen LogP contribution is 2.49. The first kappa shape index (κ1) is 7.37. The Morgan fingerprint density at radius 2 is 2.00 bits per heavy atom. The number of nitrogens with one attached hydrogen (secondary N) is 1. The van der Waals surface area contributed by atoms with Crippen LogP contribution in [0.5, 0.6) is 0 Å². The summed E-state index contributed by atoms with van der Waals surface area (Å²) < 4.78 is 0. The topological polar surface area (TPSA) is 12.0 Å². The lowest BCUT2D eigenvalue weighted by atomic mass is 9.95. The fourth-order valence-corrected chi connectivity index (χ4v) is 2.80. The van der Waals surface area contributed by atoms with Gasteiger partial charge in [0.1, 0.15) is 0 Å². The third-order valence-electron chi connectivity index (χ3n) is 3.95. The summed E-state index contributed by atoms with van der Waals surface area (Å²) in [7, 11) is 0. The van der Waals surface area contributed by atoms with Gasteiger partial charge in [-0.25, -0.2) is 0 Å². The van der Waals surface area contributed by atoms with Crippen LogP contribution in [-0.4, -0.2) is 12.6 Å². The van der Waals surface area contributed by atoms with Crippen molar-refractivity contribution in [2.75, 3.05) is 6.54 Å². The highest BCUT2D eigenvalue weighted by molar-refractivity contribution is 4.98. The minimum Gasteiger partial charge on any atom is -0.313 e. The lowest BCUT2D eigenvalue weighted by Crippen LogP contribution is -2.34. The molecule has 1 nitrogen and oxygen atoms in total. The van der Waals surface area contributed by atoms with E-state index in [4.69, 9.17) is 0 Å². The molecule has 0 aromatic carbocycles. The minimum absolute atomic E-state index is 0.921. The van der Waals surface area contributed by atoms with Crippen molar-refractivity contribution in [1.82, 2.24) is 5.32 Å². The van der Waals surface area contributed by atoms with E-state index in [2.05, 4.69) is 5.32 Å². The molecule has 3 rings (SSSR count). The van der Waals surface area contributed by atoms with Crippen LogP contribution < -0.4 is 5.32 Å². The zero-order valence-electron chi connectivity index (χ0n) is 7.76. The number of fused-ring (bicyclic) bond motifs is 1. The molecule has 12 heavy (non-hydrogen) atoms. The molecule has 0 amide bonds. The second-order valence-electron chi connectivity index (χ2n) is 5.05. The smallest absolute Gasteiger partial charge is 0.00981 e. The summed E-state index contributed by atoms with van der Waals surface area (Å²) in [5.74, 6) is 3.29. The molecule has 0 saturated heterocycles. The molecule has 0 spiro atoms. The third-order valence-corrected chi connectivity index (χ3v) is 3.95.